The van der Waals surface area contributed by atoms with Crippen LogP contribution in [0.4, 0.5) is 0 Å². The molecule has 14 heavy (non-hydrogen) atoms. The molecule has 0 saturated heterocycles. The van der Waals surface area contributed by atoms with Crippen molar-refractivity contribution in [1.82, 2.24) is 10.2 Å². The summed E-state index contributed by atoms with van der Waals surface area (Å²) in [6.45, 7) is 0. The summed E-state index contributed by atoms with van der Waals surface area (Å²) in [5.74, 6) is 0. The van der Waals surface area contributed by atoms with E-state index < -0.39 is 0 Å². The second-order valence-electron chi connectivity index (χ2n) is 2.63. The van der Waals surface area contributed by atoms with Gasteiger partial charge in [-0.25, -0.2) is 0 Å². The van der Waals surface area contributed by atoms with Gasteiger partial charge in [-0.2, -0.15) is 11.2 Å². The van der Waals surface area contributed by atoms with Gasteiger partial charge in [-0.1, -0.05) is 36.0 Å². The first-order chi connectivity index (χ1) is 6.40. The largest absolute Gasteiger partial charge is 1.00 e. The van der Waals surface area contributed by atoms with Crippen LogP contribution >= 0.6 is 0 Å². The van der Waals surface area contributed by atoms with Crippen LogP contribution in [-0.2, 0) is 4.79 Å². The van der Waals surface area contributed by atoms with Crippen LogP contribution in [0, 0.1) is 0 Å². The molecule has 1 aromatic heterocycles. The van der Waals surface area contributed by atoms with Crippen LogP contribution in [0.3, 0.4) is 0 Å². The van der Waals surface area contributed by atoms with Gasteiger partial charge in [0.15, 0.2) is 0 Å². The zero-order valence-electron chi connectivity index (χ0n) is 7.82. The third-order valence-corrected chi connectivity index (χ3v) is 1.76. The minimum Gasteiger partial charge on any atom is -0.417 e. The molecule has 2 aromatic rings. The predicted octanol–water partition coefficient (Wildman–Crippen LogP) is -1.46. The second-order valence-corrected chi connectivity index (χ2v) is 2.63. The maximum Gasteiger partial charge on any atom is 1.00 e. The fourth-order valence-corrected chi connectivity index (χ4v) is 1.13. The van der Waals surface area contributed by atoms with Crippen molar-refractivity contribution in [3.05, 3.63) is 42.1 Å². The molecule has 0 fully saturated rings. The minimum absolute atomic E-state index is 0. The van der Waals surface area contributed by atoms with E-state index in [2.05, 4.69) is 10.2 Å². The summed E-state index contributed by atoms with van der Waals surface area (Å²) in [6.07, 6.45) is 1.75. The summed E-state index contributed by atoms with van der Waals surface area (Å²) < 4.78 is 0. The van der Waals surface area contributed by atoms with E-state index in [1.165, 1.54) is 0 Å². The van der Waals surface area contributed by atoms with E-state index in [1.807, 2.05) is 30.3 Å². The molecule has 1 aromatic carbocycles. The molecule has 1 heterocycles. The average Bonchev–Trinajstić information content (AvgIpc) is 2.67. The van der Waals surface area contributed by atoms with Crippen molar-refractivity contribution in [3.63, 3.8) is 0 Å². The van der Waals surface area contributed by atoms with Gasteiger partial charge in [-0.3, -0.25) is 0 Å². The van der Waals surface area contributed by atoms with Crippen molar-refractivity contribution >= 4 is 6.29 Å². The van der Waals surface area contributed by atoms with Gasteiger partial charge in [-0.15, -0.1) is 0 Å². The number of hydrogen-bond donors (Lipinski definition) is 1. The van der Waals surface area contributed by atoms with Crippen molar-refractivity contribution in [2.45, 2.75) is 0 Å². The van der Waals surface area contributed by atoms with Crippen LogP contribution in [0.15, 0.2) is 36.4 Å². The second kappa shape index (κ2) is 5.58. The Kier molecular flexibility index (Phi) is 4.70. The van der Waals surface area contributed by atoms with Gasteiger partial charge >= 0.3 is 51.4 Å². The maximum absolute atomic E-state index is 10.3. The smallest absolute Gasteiger partial charge is 0.417 e. The number of H-pyrrole nitrogens is 1. The van der Waals surface area contributed by atoms with Crippen molar-refractivity contribution < 1.29 is 56.2 Å². The van der Waals surface area contributed by atoms with Crippen LogP contribution in [0.1, 0.15) is 5.69 Å². The Labute approximate surface area is 124 Å². The van der Waals surface area contributed by atoms with Gasteiger partial charge in [0.2, 0.25) is 0 Å². The zero-order chi connectivity index (χ0) is 9.10. The van der Waals surface area contributed by atoms with E-state index in [4.69, 9.17) is 0 Å². The number of carbonyl (C=O) groups excluding carboxylic acids is 1. The van der Waals surface area contributed by atoms with Gasteiger partial charge in [0.05, 0.1) is 0 Å². The Morgan fingerprint density at radius 3 is 2.50 bits per heavy atom. The van der Waals surface area contributed by atoms with Crippen molar-refractivity contribution in [1.29, 1.82) is 0 Å². The van der Waals surface area contributed by atoms with Gasteiger partial charge < -0.3 is 9.89 Å². The van der Waals surface area contributed by atoms with Gasteiger partial charge in [0.25, 0.3) is 0 Å². The summed E-state index contributed by atoms with van der Waals surface area (Å²) >= 11 is 0. The third kappa shape index (κ3) is 2.62. The minimum atomic E-state index is 0. The van der Waals surface area contributed by atoms with E-state index in [9.17, 15) is 4.79 Å². The topological polar surface area (TPSA) is 45.8 Å². The third-order valence-electron chi connectivity index (χ3n) is 1.76. The summed E-state index contributed by atoms with van der Waals surface area (Å²) in [4.78, 5) is 10.3. The Hall–Kier alpha value is -0.264. The molecule has 0 aliphatic rings. The van der Waals surface area contributed by atoms with E-state index in [1.54, 1.807) is 12.4 Å². The number of aromatic nitrogens is 2. The quantitative estimate of drug-likeness (QED) is 0.486. The number of hydrogen-bond acceptors (Lipinski definition) is 2. The number of benzene rings is 1. The first-order valence-corrected chi connectivity index (χ1v) is 3.89. The van der Waals surface area contributed by atoms with E-state index in [0.29, 0.717) is 5.69 Å². The fraction of sp³-hybridized carbons (Fsp3) is 0. The number of nitrogens with one attached hydrogen (secondary N) is 1. The molecular weight excluding hydrogens is 203 g/mol. The molecule has 0 radical (unpaired) electrons. The number of aromatic amines is 1. The zero-order valence-corrected chi connectivity index (χ0v) is 10.9. The van der Waals surface area contributed by atoms with Crippen LogP contribution in [0.2, 0.25) is 0 Å². The van der Waals surface area contributed by atoms with Crippen LogP contribution in [0.5, 0.6) is 0 Å². The molecule has 0 amide bonds. The average molecular weight is 210 g/mol. The Bertz CT molecular complexity index is 411. The number of rotatable bonds is 2. The van der Waals surface area contributed by atoms with E-state index in [-0.39, 0.29) is 51.4 Å². The van der Waals surface area contributed by atoms with Crippen LogP contribution in [0.25, 0.3) is 11.3 Å². The first-order valence-electron chi connectivity index (χ1n) is 3.89. The first kappa shape index (κ1) is 11.8. The van der Waals surface area contributed by atoms with Crippen LogP contribution < -0.4 is 51.4 Å². The molecule has 2 rings (SSSR count). The molecule has 0 bridgehead atoms. The Balaban J connectivity index is 0.000000980. The maximum atomic E-state index is 10.3. The summed E-state index contributed by atoms with van der Waals surface area (Å²) in [7, 11) is 0. The molecular formula is C10H7KN2O. The van der Waals surface area contributed by atoms with Gasteiger partial charge in [0, 0.05) is 12.0 Å². The molecule has 0 aliphatic carbocycles. The fourth-order valence-electron chi connectivity index (χ4n) is 1.13. The summed E-state index contributed by atoms with van der Waals surface area (Å²) in [5, 5.41) is 6.55. The van der Waals surface area contributed by atoms with Crippen molar-refractivity contribution in [3.8, 4) is 11.3 Å². The van der Waals surface area contributed by atoms with Crippen molar-refractivity contribution in [2.24, 2.45) is 0 Å². The monoisotopic (exact) mass is 210 g/mol. The Morgan fingerprint density at radius 1 is 1.21 bits per heavy atom. The SMILES string of the molecule is O=[C-]c1cc(-c2ccccc2)n[nH]1.[K+]. The van der Waals surface area contributed by atoms with Crippen LogP contribution in [-0.4, -0.2) is 16.5 Å². The van der Waals surface area contributed by atoms with Gasteiger partial charge in [-0.05, 0) is 5.56 Å². The van der Waals surface area contributed by atoms with E-state index in [0.717, 1.165) is 11.3 Å². The normalized spacial score (nSPS) is 9.14. The number of nitrogens with zero attached hydrogens (tertiary/aromatic N) is 1. The van der Waals surface area contributed by atoms with E-state index >= 15 is 0 Å². The predicted molar refractivity (Wildman–Crippen MR) is 48.8 cm³/mol. The standard InChI is InChI=1S/C10H7N2O.K/c13-7-9-6-10(12-11-9)8-4-2-1-3-5-8;/h1-6H,(H,11,12);/q-1;+1. The molecule has 0 atom stereocenters. The molecule has 0 spiro atoms. The molecule has 64 valence electrons. The molecule has 0 aliphatic heterocycles. The Morgan fingerprint density at radius 2 is 1.93 bits per heavy atom. The molecule has 0 saturated carbocycles. The van der Waals surface area contributed by atoms with Gasteiger partial charge in [0.1, 0.15) is 0 Å². The molecule has 4 heteroatoms. The molecule has 3 nitrogen and oxygen atoms in total. The summed E-state index contributed by atoms with van der Waals surface area (Å²) in [6, 6.07) is 11.3. The molecule has 0 unspecified atom stereocenters. The molecule has 1 N–H and O–H groups in total. The van der Waals surface area contributed by atoms with Crippen molar-refractivity contribution in [2.75, 3.05) is 0 Å². The summed E-state index contributed by atoms with van der Waals surface area (Å²) in [5.41, 5.74) is 2.12.